The Labute approximate surface area is 127 Å². The van der Waals surface area contributed by atoms with E-state index in [-0.39, 0.29) is 36.8 Å². The normalized spacial score (nSPS) is 27.4. The van der Waals surface area contributed by atoms with Gasteiger partial charge in [-0.15, -0.1) is 24.8 Å². The minimum atomic E-state index is -0.135. The number of likely N-dealkylation sites (N-methyl/N-ethyl adjacent to an activating group) is 1. The Morgan fingerprint density at radius 3 is 2.68 bits per heavy atom. The molecule has 0 aliphatic carbocycles. The largest absolute Gasteiger partial charge is 0.378 e. The molecule has 2 fully saturated rings. The minimum Gasteiger partial charge on any atom is -0.378 e. The Morgan fingerprint density at radius 1 is 1.37 bits per heavy atom. The molecule has 0 saturated carbocycles. The third-order valence-corrected chi connectivity index (χ3v) is 3.66. The second-order valence-corrected chi connectivity index (χ2v) is 5.13. The number of nitrogens with zero attached hydrogens (tertiary/aromatic N) is 2. The van der Waals surface area contributed by atoms with E-state index in [0.29, 0.717) is 19.3 Å². The van der Waals surface area contributed by atoms with Gasteiger partial charge in [0.15, 0.2) is 0 Å². The lowest BCUT2D eigenvalue weighted by Crippen LogP contribution is -2.56. The fourth-order valence-corrected chi connectivity index (χ4v) is 2.52. The van der Waals surface area contributed by atoms with Gasteiger partial charge in [-0.2, -0.15) is 0 Å². The van der Waals surface area contributed by atoms with Gasteiger partial charge in [0.2, 0.25) is 5.91 Å². The molecule has 0 aromatic carbocycles. The number of hydrogen-bond acceptors (Lipinski definition) is 4. The number of halogens is 2. The fraction of sp³-hybridized carbons (Fsp3) is 0.917. The van der Waals surface area contributed by atoms with Gasteiger partial charge >= 0.3 is 0 Å². The molecule has 1 amide bonds. The fourth-order valence-electron chi connectivity index (χ4n) is 2.52. The van der Waals surface area contributed by atoms with Gasteiger partial charge in [0.05, 0.1) is 13.2 Å². The first-order valence-corrected chi connectivity index (χ1v) is 6.45. The van der Waals surface area contributed by atoms with Gasteiger partial charge in [-0.05, 0) is 26.9 Å². The molecule has 0 spiro atoms. The summed E-state index contributed by atoms with van der Waals surface area (Å²) in [4.78, 5) is 16.5. The average Bonchev–Trinajstić information content (AvgIpc) is 2.39. The summed E-state index contributed by atoms with van der Waals surface area (Å²) in [5, 5.41) is 3.23. The van der Waals surface area contributed by atoms with Crippen LogP contribution in [0.1, 0.15) is 12.8 Å². The summed E-state index contributed by atoms with van der Waals surface area (Å²) in [5.41, 5.74) is 0. The lowest BCUT2D eigenvalue weighted by molar-refractivity contribution is -0.138. The lowest BCUT2D eigenvalue weighted by atomic mass is 10.0. The van der Waals surface area contributed by atoms with Crippen LogP contribution >= 0.6 is 24.8 Å². The number of carbonyl (C=O) groups is 1. The van der Waals surface area contributed by atoms with Crippen molar-refractivity contribution in [2.75, 3.05) is 46.9 Å². The zero-order valence-electron chi connectivity index (χ0n) is 11.6. The van der Waals surface area contributed by atoms with E-state index in [1.54, 1.807) is 0 Å². The van der Waals surface area contributed by atoms with Crippen molar-refractivity contribution in [3.8, 4) is 0 Å². The quantitative estimate of drug-likeness (QED) is 0.800. The van der Waals surface area contributed by atoms with Crippen LogP contribution in [0.2, 0.25) is 0 Å². The number of nitrogens with one attached hydrogen (secondary N) is 1. The molecule has 114 valence electrons. The third kappa shape index (κ3) is 5.08. The summed E-state index contributed by atoms with van der Waals surface area (Å²) in [6.07, 6.45) is 2.29. The predicted octanol–water partition coefficient (Wildman–Crippen LogP) is 0.371. The van der Waals surface area contributed by atoms with Gasteiger partial charge in [0.1, 0.15) is 6.04 Å². The van der Waals surface area contributed by atoms with Crippen molar-refractivity contribution in [1.29, 1.82) is 0 Å². The van der Waals surface area contributed by atoms with Crippen LogP contribution < -0.4 is 5.32 Å². The van der Waals surface area contributed by atoms with Gasteiger partial charge in [-0.3, -0.25) is 4.79 Å². The highest BCUT2D eigenvalue weighted by atomic mass is 35.5. The first-order valence-electron chi connectivity index (χ1n) is 6.45. The molecule has 0 aromatic rings. The number of morpholine rings is 1. The number of amides is 1. The van der Waals surface area contributed by atoms with Gasteiger partial charge in [-0.25, -0.2) is 0 Å². The van der Waals surface area contributed by atoms with E-state index in [1.165, 1.54) is 6.42 Å². The van der Waals surface area contributed by atoms with Crippen molar-refractivity contribution >= 4 is 30.7 Å². The molecule has 2 aliphatic heterocycles. The zero-order valence-corrected chi connectivity index (χ0v) is 13.3. The van der Waals surface area contributed by atoms with Crippen molar-refractivity contribution in [3.63, 3.8) is 0 Å². The van der Waals surface area contributed by atoms with E-state index < -0.39 is 0 Å². The summed E-state index contributed by atoms with van der Waals surface area (Å²) >= 11 is 0. The maximum absolute atomic E-state index is 12.3. The molecule has 1 N–H and O–H groups in total. The van der Waals surface area contributed by atoms with E-state index in [1.807, 2.05) is 4.90 Å². The van der Waals surface area contributed by atoms with E-state index >= 15 is 0 Å². The highest BCUT2D eigenvalue weighted by Gasteiger charge is 2.30. The maximum atomic E-state index is 12.3. The summed E-state index contributed by atoms with van der Waals surface area (Å²) in [5.74, 6) is 0.205. The monoisotopic (exact) mass is 313 g/mol. The summed E-state index contributed by atoms with van der Waals surface area (Å²) in [6.45, 7) is 3.75. The molecule has 5 nitrogen and oxygen atoms in total. The number of piperidine rings is 1. The Balaban J connectivity index is 0.00000162. The summed E-state index contributed by atoms with van der Waals surface area (Å²) < 4.78 is 5.35. The smallest absolute Gasteiger partial charge is 0.242 e. The highest BCUT2D eigenvalue weighted by molar-refractivity contribution is 5.85. The maximum Gasteiger partial charge on any atom is 0.242 e. The van der Waals surface area contributed by atoms with Crippen LogP contribution in [0.5, 0.6) is 0 Å². The van der Waals surface area contributed by atoms with Crippen molar-refractivity contribution in [2.45, 2.75) is 24.9 Å². The van der Waals surface area contributed by atoms with Gasteiger partial charge in [0, 0.05) is 25.7 Å². The number of hydrogen-bond donors (Lipinski definition) is 1. The first-order chi connectivity index (χ1) is 8.18. The Morgan fingerprint density at radius 2 is 2.11 bits per heavy atom. The zero-order chi connectivity index (χ0) is 12.3. The van der Waals surface area contributed by atoms with Crippen LogP contribution in [0.4, 0.5) is 0 Å². The molecular weight excluding hydrogens is 289 g/mol. The van der Waals surface area contributed by atoms with Crippen molar-refractivity contribution in [1.82, 2.24) is 15.1 Å². The summed E-state index contributed by atoms with van der Waals surface area (Å²) in [7, 11) is 4.17. The predicted molar refractivity (Wildman–Crippen MR) is 80.4 cm³/mol. The van der Waals surface area contributed by atoms with Crippen LogP contribution in [0.25, 0.3) is 0 Å². The Hall–Kier alpha value is -0.0700. The molecule has 7 heteroatoms. The molecule has 2 rings (SSSR count). The molecule has 2 heterocycles. The molecule has 19 heavy (non-hydrogen) atoms. The molecule has 2 aliphatic rings. The number of carbonyl (C=O) groups excluding carboxylic acids is 1. The standard InChI is InChI=1S/C12H23N3O2.2ClH/c1-14(2)10-4-3-6-15(8-10)12(16)11-9-17-7-5-13-11;;/h10-11,13H,3-9H2,1-2H3;2*1H. The van der Waals surface area contributed by atoms with Crippen LogP contribution in [-0.2, 0) is 9.53 Å². The molecule has 2 saturated heterocycles. The van der Waals surface area contributed by atoms with Crippen LogP contribution in [0.3, 0.4) is 0 Å². The molecular formula is C12H25Cl2N3O2. The molecule has 2 atom stereocenters. The van der Waals surface area contributed by atoms with E-state index in [9.17, 15) is 4.79 Å². The number of ether oxygens (including phenoxy) is 1. The molecule has 0 radical (unpaired) electrons. The Kier molecular flexibility index (Phi) is 8.94. The average molecular weight is 314 g/mol. The second-order valence-electron chi connectivity index (χ2n) is 5.13. The summed E-state index contributed by atoms with van der Waals surface area (Å²) in [6, 6.07) is 0.363. The second kappa shape index (κ2) is 8.97. The SMILES string of the molecule is CN(C)C1CCCN(C(=O)C2COCCN2)C1.Cl.Cl. The highest BCUT2D eigenvalue weighted by Crippen LogP contribution is 2.15. The van der Waals surface area contributed by atoms with Crippen LogP contribution in [-0.4, -0.2) is 74.7 Å². The third-order valence-electron chi connectivity index (χ3n) is 3.66. The topological polar surface area (TPSA) is 44.8 Å². The van der Waals surface area contributed by atoms with Crippen molar-refractivity contribution < 1.29 is 9.53 Å². The van der Waals surface area contributed by atoms with Crippen LogP contribution in [0.15, 0.2) is 0 Å². The molecule has 0 bridgehead atoms. The molecule has 0 aromatic heterocycles. The van der Waals surface area contributed by atoms with Crippen LogP contribution in [0, 0.1) is 0 Å². The van der Waals surface area contributed by atoms with E-state index in [4.69, 9.17) is 4.74 Å². The van der Waals surface area contributed by atoms with Gasteiger partial charge in [0.25, 0.3) is 0 Å². The van der Waals surface area contributed by atoms with E-state index in [0.717, 1.165) is 26.1 Å². The van der Waals surface area contributed by atoms with E-state index in [2.05, 4.69) is 24.3 Å². The Bertz CT molecular complexity index is 274. The molecule has 2 unspecified atom stereocenters. The van der Waals surface area contributed by atoms with Gasteiger partial charge in [-0.1, -0.05) is 0 Å². The van der Waals surface area contributed by atoms with Crippen molar-refractivity contribution in [2.24, 2.45) is 0 Å². The van der Waals surface area contributed by atoms with Gasteiger partial charge < -0.3 is 19.9 Å². The van der Waals surface area contributed by atoms with Crippen molar-refractivity contribution in [3.05, 3.63) is 0 Å². The lowest BCUT2D eigenvalue weighted by Gasteiger charge is -2.38. The first kappa shape index (κ1) is 18.9. The number of rotatable bonds is 2. The minimum absolute atomic E-state index is 0. The number of likely N-dealkylation sites (tertiary alicyclic amines) is 1.